The quantitative estimate of drug-likeness (QED) is 0.593. The summed E-state index contributed by atoms with van der Waals surface area (Å²) in [5.74, 6) is 0.742. The van der Waals surface area contributed by atoms with Crippen molar-refractivity contribution in [1.29, 1.82) is 0 Å². The Hall–Kier alpha value is -2.65. The van der Waals surface area contributed by atoms with Crippen molar-refractivity contribution in [2.45, 2.75) is 26.0 Å². The highest BCUT2D eigenvalue weighted by Crippen LogP contribution is 2.25. The smallest absolute Gasteiger partial charge is 0.139 e. The molecule has 3 aromatic carbocycles. The Morgan fingerprint density at radius 1 is 0.958 bits per heavy atom. The highest BCUT2D eigenvalue weighted by molar-refractivity contribution is 5.83. The maximum absolute atomic E-state index is 10.4. The van der Waals surface area contributed by atoms with E-state index >= 15 is 0 Å². The number of hydrogen-bond acceptors (Lipinski definition) is 2. The fraction of sp³-hybridized carbons (Fsp3) is 0.190. The molecule has 0 aliphatic carbocycles. The molecule has 0 unspecified atom stereocenters. The van der Waals surface area contributed by atoms with Gasteiger partial charge in [0.25, 0.3) is 0 Å². The number of hydrogen-bond donors (Lipinski definition) is 1. The zero-order valence-corrected chi connectivity index (χ0v) is 13.7. The Labute approximate surface area is 141 Å². The summed E-state index contributed by atoms with van der Waals surface area (Å²) >= 11 is 0. The molecular formula is C21H20N2O. The maximum Gasteiger partial charge on any atom is 0.139 e. The molecule has 0 fully saturated rings. The third-order valence-corrected chi connectivity index (χ3v) is 4.52. The summed E-state index contributed by atoms with van der Waals surface area (Å²) in [7, 11) is 0. The summed E-state index contributed by atoms with van der Waals surface area (Å²) < 4.78 is 2.13. The molecule has 4 aromatic rings. The molecule has 1 aromatic heterocycles. The minimum atomic E-state index is -0.544. The molecule has 24 heavy (non-hydrogen) atoms. The SMILES string of the molecule is CC[C@H](O)c1nc2ccccc2n1Cc1ccc2ccccc2c1. The van der Waals surface area contributed by atoms with Crippen molar-refractivity contribution in [3.05, 3.63) is 78.1 Å². The molecule has 1 heterocycles. The van der Waals surface area contributed by atoms with E-state index in [0.29, 0.717) is 13.0 Å². The van der Waals surface area contributed by atoms with Crippen LogP contribution in [0.3, 0.4) is 0 Å². The number of benzene rings is 3. The van der Waals surface area contributed by atoms with Crippen LogP contribution in [0.25, 0.3) is 21.8 Å². The third kappa shape index (κ3) is 2.57. The molecule has 3 nitrogen and oxygen atoms in total. The first-order valence-electron chi connectivity index (χ1n) is 8.37. The number of fused-ring (bicyclic) bond motifs is 2. The number of aliphatic hydroxyl groups excluding tert-OH is 1. The molecular weight excluding hydrogens is 296 g/mol. The topological polar surface area (TPSA) is 38.1 Å². The number of para-hydroxylation sites is 2. The van der Waals surface area contributed by atoms with Gasteiger partial charge >= 0.3 is 0 Å². The fourth-order valence-electron chi connectivity index (χ4n) is 3.22. The number of rotatable bonds is 4. The van der Waals surface area contributed by atoms with E-state index < -0.39 is 6.10 Å². The van der Waals surface area contributed by atoms with Gasteiger partial charge in [0, 0.05) is 6.54 Å². The van der Waals surface area contributed by atoms with Crippen molar-refractivity contribution in [1.82, 2.24) is 9.55 Å². The zero-order valence-electron chi connectivity index (χ0n) is 13.7. The predicted octanol–water partition coefficient (Wildman–Crippen LogP) is 4.68. The van der Waals surface area contributed by atoms with Crippen LogP contribution in [-0.2, 0) is 6.54 Å². The summed E-state index contributed by atoms with van der Waals surface area (Å²) in [5, 5.41) is 12.9. The van der Waals surface area contributed by atoms with Gasteiger partial charge in [0.2, 0.25) is 0 Å². The second-order valence-electron chi connectivity index (χ2n) is 6.15. The van der Waals surface area contributed by atoms with Crippen molar-refractivity contribution < 1.29 is 5.11 Å². The summed E-state index contributed by atoms with van der Waals surface area (Å²) in [4.78, 5) is 4.65. The van der Waals surface area contributed by atoms with Gasteiger partial charge in [-0.3, -0.25) is 0 Å². The molecule has 0 bridgehead atoms. The van der Waals surface area contributed by atoms with Gasteiger partial charge in [-0.15, -0.1) is 0 Å². The standard InChI is InChI=1S/C21H20N2O/c1-2-20(24)21-22-18-9-5-6-10-19(18)23(21)14-15-11-12-16-7-3-4-8-17(16)13-15/h3-13,20,24H,2,14H2,1H3/t20-/m0/s1. The molecule has 0 spiro atoms. The lowest BCUT2D eigenvalue weighted by Gasteiger charge is -2.13. The highest BCUT2D eigenvalue weighted by atomic mass is 16.3. The Morgan fingerprint density at radius 3 is 2.54 bits per heavy atom. The molecule has 0 amide bonds. The predicted molar refractivity (Wildman–Crippen MR) is 98.0 cm³/mol. The van der Waals surface area contributed by atoms with Crippen molar-refractivity contribution in [3.8, 4) is 0 Å². The third-order valence-electron chi connectivity index (χ3n) is 4.52. The minimum Gasteiger partial charge on any atom is -0.385 e. The van der Waals surface area contributed by atoms with Gasteiger partial charge in [-0.1, -0.05) is 55.5 Å². The molecule has 0 saturated carbocycles. The van der Waals surface area contributed by atoms with Crippen LogP contribution in [0.2, 0.25) is 0 Å². The van der Waals surface area contributed by atoms with Gasteiger partial charge in [-0.2, -0.15) is 0 Å². The van der Waals surface area contributed by atoms with Gasteiger partial charge in [-0.05, 0) is 41.0 Å². The van der Waals surface area contributed by atoms with Gasteiger partial charge in [0.15, 0.2) is 0 Å². The minimum absolute atomic E-state index is 0.544. The van der Waals surface area contributed by atoms with Gasteiger partial charge < -0.3 is 9.67 Å². The van der Waals surface area contributed by atoms with Crippen LogP contribution < -0.4 is 0 Å². The van der Waals surface area contributed by atoms with E-state index in [0.717, 1.165) is 16.9 Å². The molecule has 0 saturated heterocycles. The summed E-state index contributed by atoms with van der Waals surface area (Å²) in [6.45, 7) is 2.68. The Balaban J connectivity index is 1.82. The zero-order chi connectivity index (χ0) is 16.5. The van der Waals surface area contributed by atoms with Crippen LogP contribution in [0, 0.1) is 0 Å². The largest absolute Gasteiger partial charge is 0.385 e. The van der Waals surface area contributed by atoms with Crippen LogP contribution in [0.4, 0.5) is 0 Å². The van der Waals surface area contributed by atoms with E-state index in [1.54, 1.807) is 0 Å². The average Bonchev–Trinajstić information content (AvgIpc) is 2.99. The Kier molecular flexibility index (Phi) is 3.79. The van der Waals surface area contributed by atoms with Crippen molar-refractivity contribution >= 4 is 21.8 Å². The van der Waals surface area contributed by atoms with Gasteiger partial charge in [0.05, 0.1) is 11.0 Å². The normalized spacial score (nSPS) is 12.8. The van der Waals surface area contributed by atoms with Crippen LogP contribution in [0.5, 0.6) is 0 Å². The van der Waals surface area contributed by atoms with E-state index in [1.165, 1.54) is 16.3 Å². The van der Waals surface area contributed by atoms with Crippen molar-refractivity contribution in [3.63, 3.8) is 0 Å². The molecule has 1 N–H and O–H groups in total. The molecule has 3 heteroatoms. The fourth-order valence-corrected chi connectivity index (χ4v) is 3.22. The maximum atomic E-state index is 10.4. The van der Waals surface area contributed by atoms with E-state index in [9.17, 15) is 5.11 Å². The molecule has 120 valence electrons. The summed E-state index contributed by atoms with van der Waals surface area (Å²) in [6.07, 6.45) is 0.110. The van der Waals surface area contributed by atoms with Gasteiger partial charge in [0.1, 0.15) is 11.9 Å². The Bertz CT molecular complexity index is 1000. The lowest BCUT2D eigenvalue weighted by Crippen LogP contribution is -2.09. The highest BCUT2D eigenvalue weighted by Gasteiger charge is 2.16. The molecule has 0 aliphatic rings. The Morgan fingerprint density at radius 2 is 1.71 bits per heavy atom. The van der Waals surface area contributed by atoms with E-state index in [1.807, 2.05) is 25.1 Å². The van der Waals surface area contributed by atoms with E-state index in [-0.39, 0.29) is 0 Å². The van der Waals surface area contributed by atoms with Crippen LogP contribution in [-0.4, -0.2) is 14.7 Å². The molecule has 4 rings (SSSR count). The molecule has 1 atom stereocenters. The number of nitrogens with zero attached hydrogens (tertiary/aromatic N) is 2. The first kappa shape index (κ1) is 14.9. The molecule has 0 radical (unpaired) electrons. The lowest BCUT2D eigenvalue weighted by molar-refractivity contribution is 0.160. The lowest BCUT2D eigenvalue weighted by atomic mass is 10.1. The first-order valence-corrected chi connectivity index (χ1v) is 8.37. The molecule has 0 aliphatic heterocycles. The number of aliphatic hydroxyl groups is 1. The van der Waals surface area contributed by atoms with Crippen molar-refractivity contribution in [2.24, 2.45) is 0 Å². The van der Waals surface area contributed by atoms with E-state index in [2.05, 4.69) is 58.1 Å². The van der Waals surface area contributed by atoms with Gasteiger partial charge in [-0.25, -0.2) is 4.98 Å². The number of imidazole rings is 1. The number of aromatic nitrogens is 2. The second-order valence-corrected chi connectivity index (χ2v) is 6.15. The van der Waals surface area contributed by atoms with E-state index in [4.69, 9.17) is 0 Å². The summed E-state index contributed by atoms with van der Waals surface area (Å²) in [5.41, 5.74) is 3.20. The summed E-state index contributed by atoms with van der Waals surface area (Å²) in [6, 6.07) is 23.0. The monoisotopic (exact) mass is 316 g/mol. The van der Waals surface area contributed by atoms with Crippen LogP contribution in [0.1, 0.15) is 30.8 Å². The second kappa shape index (κ2) is 6.10. The average molecular weight is 316 g/mol. The van der Waals surface area contributed by atoms with Crippen molar-refractivity contribution in [2.75, 3.05) is 0 Å². The van der Waals surface area contributed by atoms with Crippen LogP contribution in [0.15, 0.2) is 66.7 Å². The first-order chi connectivity index (χ1) is 11.8. The van der Waals surface area contributed by atoms with Crippen LogP contribution >= 0.6 is 0 Å².